The minimum Gasteiger partial charge on any atom is -0.395 e. The van der Waals surface area contributed by atoms with Gasteiger partial charge in [0.25, 0.3) is 0 Å². The molecule has 0 bridgehead atoms. The molecular formula is C11H21NO8. The van der Waals surface area contributed by atoms with Crippen molar-refractivity contribution < 1.29 is 40.5 Å². The molecule has 1 fully saturated rings. The molecular weight excluding hydrogens is 274 g/mol. The zero-order valence-electron chi connectivity index (χ0n) is 10.7. The third kappa shape index (κ3) is 3.71. The second-order valence-electron chi connectivity index (χ2n) is 4.94. The number of rotatable bonds is 7. The highest BCUT2D eigenvalue weighted by Gasteiger charge is 2.41. The second kappa shape index (κ2) is 7.38. The Morgan fingerprint density at radius 3 is 2.25 bits per heavy atom. The van der Waals surface area contributed by atoms with Crippen molar-refractivity contribution in [2.24, 2.45) is 0 Å². The largest absolute Gasteiger partial charge is 0.395 e. The first-order valence-electron chi connectivity index (χ1n) is 6.22. The summed E-state index contributed by atoms with van der Waals surface area (Å²) in [5, 5.41) is 66.0. The van der Waals surface area contributed by atoms with Gasteiger partial charge in [-0.25, -0.2) is 0 Å². The Morgan fingerprint density at radius 2 is 1.75 bits per heavy atom. The standard InChI is InChI=1S/C11H21NO8/c13-3-5-9(18)6(15)1-12(5)2-7(16)10(19)11(20)8(17)4-14/h4-11,13,15-20H,1-3H2. The highest BCUT2D eigenvalue weighted by molar-refractivity contribution is 5.56. The lowest BCUT2D eigenvalue weighted by molar-refractivity contribution is -0.135. The van der Waals surface area contributed by atoms with E-state index in [1.807, 2.05) is 0 Å². The van der Waals surface area contributed by atoms with E-state index in [9.17, 15) is 30.3 Å². The summed E-state index contributed by atoms with van der Waals surface area (Å²) in [6.07, 6.45) is -9.26. The van der Waals surface area contributed by atoms with E-state index in [1.54, 1.807) is 0 Å². The summed E-state index contributed by atoms with van der Waals surface area (Å²) in [6, 6.07) is -0.806. The van der Waals surface area contributed by atoms with Crippen LogP contribution in [0.3, 0.4) is 0 Å². The molecule has 7 atom stereocenters. The van der Waals surface area contributed by atoms with Crippen molar-refractivity contribution in [1.82, 2.24) is 4.90 Å². The molecule has 9 heteroatoms. The number of aliphatic hydroxyl groups is 7. The molecule has 0 aromatic carbocycles. The van der Waals surface area contributed by atoms with E-state index in [0.29, 0.717) is 0 Å². The molecule has 9 nitrogen and oxygen atoms in total. The second-order valence-corrected chi connectivity index (χ2v) is 4.94. The summed E-state index contributed by atoms with van der Waals surface area (Å²) in [7, 11) is 0. The smallest absolute Gasteiger partial charge is 0.151 e. The van der Waals surface area contributed by atoms with E-state index >= 15 is 0 Å². The number of carbonyl (C=O) groups is 1. The van der Waals surface area contributed by atoms with Crippen molar-refractivity contribution >= 4 is 6.29 Å². The van der Waals surface area contributed by atoms with Crippen molar-refractivity contribution in [1.29, 1.82) is 0 Å². The molecule has 20 heavy (non-hydrogen) atoms. The molecule has 1 aliphatic rings. The molecule has 7 unspecified atom stereocenters. The lowest BCUT2D eigenvalue weighted by Crippen LogP contribution is -2.51. The highest BCUT2D eigenvalue weighted by Crippen LogP contribution is 2.19. The first-order chi connectivity index (χ1) is 9.33. The predicted molar refractivity (Wildman–Crippen MR) is 64.6 cm³/mol. The average molecular weight is 295 g/mol. The van der Waals surface area contributed by atoms with Crippen LogP contribution in [0.2, 0.25) is 0 Å². The van der Waals surface area contributed by atoms with Crippen LogP contribution < -0.4 is 0 Å². The molecule has 7 N–H and O–H groups in total. The van der Waals surface area contributed by atoms with Gasteiger partial charge in [-0.1, -0.05) is 0 Å². The number of nitrogens with zero attached hydrogens (tertiary/aromatic N) is 1. The molecule has 0 saturated carbocycles. The fraction of sp³-hybridized carbons (Fsp3) is 0.909. The van der Waals surface area contributed by atoms with Gasteiger partial charge in [0.1, 0.15) is 18.3 Å². The van der Waals surface area contributed by atoms with E-state index in [1.165, 1.54) is 4.90 Å². The van der Waals surface area contributed by atoms with E-state index in [-0.39, 0.29) is 19.4 Å². The van der Waals surface area contributed by atoms with Gasteiger partial charge in [-0.2, -0.15) is 0 Å². The van der Waals surface area contributed by atoms with Gasteiger partial charge in [0, 0.05) is 13.1 Å². The number of β-amino-alcohol motifs (C(OH)–C–C–N with tert-alkyl or cyclic N) is 2. The minimum absolute atomic E-state index is 0.0253. The quantitative estimate of drug-likeness (QED) is 0.228. The highest BCUT2D eigenvalue weighted by atomic mass is 16.4. The number of carbonyl (C=O) groups excluding carboxylic acids is 1. The Kier molecular flexibility index (Phi) is 6.43. The third-order valence-electron chi connectivity index (χ3n) is 3.52. The Balaban J connectivity index is 2.61. The van der Waals surface area contributed by atoms with Crippen molar-refractivity contribution in [2.45, 2.75) is 42.7 Å². The summed E-state index contributed by atoms with van der Waals surface area (Å²) in [5.74, 6) is 0. The van der Waals surface area contributed by atoms with Crippen LogP contribution in [0.1, 0.15) is 0 Å². The number of aliphatic hydroxyl groups excluding tert-OH is 7. The van der Waals surface area contributed by atoms with Gasteiger partial charge in [-0.05, 0) is 0 Å². The molecule has 1 heterocycles. The van der Waals surface area contributed by atoms with E-state index < -0.39 is 49.3 Å². The summed E-state index contributed by atoms with van der Waals surface area (Å²) >= 11 is 0. The van der Waals surface area contributed by atoms with E-state index in [2.05, 4.69) is 0 Å². The summed E-state index contributed by atoms with van der Waals surface area (Å²) in [6.45, 7) is -0.744. The monoisotopic (exact) mass is 295 g/mol. The van der Waals surface area contributed by atoms with Crippen LogP contribution in [-0.4, -0.2) is 109 Å². The van der Waals surface area contributed by atoms with Crippen molar-refractivity contribution in [2.75, 3.05) is 19.7 Å². The number of hydrogen-bond donors (Lipinski definition) is 7. The lowest BCUT2D eigenvalue weighted by Gasteiger charge is -2.30. The van der Waals surface area contributed by atoms with Crippen LogP contribution in [0, 0.1) is 0 Å². The third-order valence-corrected chi connectivity index (χ3v) is 3.52. The molecule has 1 rings (SSSR count). The van der Waals surface area contributed by atoms with Gasteiger partial charge >= 0.3 is 0 Å². The zero-order chi connectivity index (χ0) is 15.4. The Morgan fingerprint density at radius 1 is 1.15 bits per heavy atom. The number of likely N-dealkylation sites (tertiary alicyclic amines) is 1. The van der Waals surface area contributed by atoms with E-state index in [0.717, 1.165) is 0 Å². The maximum absolute atomic E-state index is 10.3. The maximum atomic E-state index is 10.3. The van der Waals surface area contributed by atoms with Gasteiger partial charge in [0.2, 0.25) is 0 Å². The number of aldehydes is 1. The van der Waals surface area contributed by atoms with Crippen LogP contribution in [-0.2, 0) is 4.79 Å². The van der Waals surface area contributed by atoms with Crippen LogP contribution in [0.4, 0.5) is 0 Å². The number of hydrogen-bond acceptors (Lipinski definition) is 9. The topological polar surface area (TPSA) is 162 Å². The SMILES string of the molecule is O=CC(O)C(O)C(O)C(O)CN1CC(O)C(O)C1CO. The van der Waals surface area contributed by atoms with Gasteiger partial charge in [0.05, 0.1) is 31.0 Å². The van der Waals surface area contributed by atoms with Crippen molar-refractivity contribution in [3.8, 4) is 0 Å². The van der Waals surface area contributed by atoms with Gasteiger partial charge < -0.3 is 40.5 Å². The first kappa shape index (κ1) is 17.4. The molecule has 1 aliphatic heterocycles. The molecule has 0 amide bonds. The Labute approximate surface area is 115 Å². The molecule has 0 spiro atoms. The first-order valence-corrected chi connectivity index (χ1v) is 6.22. The van der Waals surface area contributed by atoms with Crippen LogP contribution in [0.15, 0.2) is 0 Å². The Bertz CT molecular complexity index is 317. The average Bonchev–Trinajstić information content (AvgIpc) is 2.70. The van der Waals surface area contributed by atoms with E-state index in [4.69, 9.17) is 10.2 Å². The zero-order valence-corrected chi connectivity index (χ0v) is 10.7. The van der Waals surface area contributed by atoms with Crippen LogP contribution in [0.25, 0.3) is 0 Å². The predicted octanol–water partition coefficient (Wildman–Crippen LogP) is -4.97. The van der Waals surface area contributed by atoms with Gasteiger partial charge in [-0.3, -0.25) is 4.90 Å². The molecule has 0 aromatic rings. The molecule has 0 aromatic heterocycles. The van der Waals surface area contributed by atoms with Crippen LogP contribution in [0.5, 0.6) is 0 Å². The normalized spacial score (nSPS) is 33.6. The van der Waals surface area contributed by atoms with Crippen LogP contribution >= 0.6 is 0 Å². The van der Waals surface area contributed by atoms with Gasteiger partial charge in [0.15, 0.2) is 6.29 Å². The molecule has 0 aliphatic carbocycles. The lowest BCUT2D eigenvalue weighted by atomic mass is 10.0. The maximum Gasteiger partial charge on any atom is 0.151 e. The summed E-state index contributed by atoms with van der Waals surface area (Å²) < 4.78 is 0. The summed E-state index contributed by atoms with van der Waals surface area (Å²) in [5.41, 5.74) is 0. The van der Waals surface area contributed by atoms with Gasteiger partial charge in [-0.15, -0.1) is 0 Å². The fourth-order valence-electron chi connectivity index (χ4n) is 2.25. The molecule has 1 saturated heterocycles. The van der Waals surface area contributed by atoms with Crippen molar-refractivity contribution in [3.63, 3.8) is 0 Å². The Hall–Kier alpha value is -0.650. The summed E-state index contributed by atoms with van der Waals surface area (Å²) in [4.78, 5) is 11.6. The molecule has 0 radical (unpaired) electrons. The minimum atomic E-state index is -1.85. The fourth-order valence-corrected chi connectivity index (χ4v) is 2.25. The molecule has 118 valence electrons. The van der Waals surface area contributed by atoms with Crippen molar-refractivity contribution in [3.05, 3.63) is 0 Å².